The van der Waals surface area contributed by atoms with Crippen molar-refractivity contribution in [2.24, 2.45) is 0 Å². The largest absolute Gasteiger partial charge is 0.271 e. The summed E-state index contributed by atoms with van der Waals surface area (Å²) in [6, 6.07) is 0. The van der Waals surface area contributed by atoms with E-state index in [1.165, 1.54) is 186 Å². The Morgan fingerprint density at radius 1 is 0.421 bits per heavy atom. The number of rotatable bonds is 32. The van der Waals surface area contributed by atoms with Crippen LogP contribution in [0.25, 0.3) is 0 Å². The number of hydrogen-bond acceptors (Lipinski definition) is 2. The highest BCUT2D eigenvalue weighted by molar-refractivity contribution is 6.19. The normalized spacial score (nSPS) is 11.3. The monoisotopic (exact) mass is 557 g/mol. The maximum atomic E-state index is 11.1. The van der Waals surface area contributed by atoms with Gasteiger partial charge in [0.2, 0.25) is 0 Å². The summed E-state index contributed by atoms with van der Waals surface area (Å²) in [6.07, 6.45) is 43.6. The van der Waals surface area contributed by atoms with Crippen LogP contribution in [0.5, 0.6) is 0 Å². The lowest BCUT2D eigenvalue weighted by Gasteiger charge is -2.05. The minimum Gasteiger partial charge on any atom is -0.271 e. The van der Waals surface area contributed by atoms with Crippen LogP contribution in [0, 0.1) is 0 Å². The second-order valence-electron chi connectivity index (χ2n) is 12.0. The van der Waals surface area contributed by atoms with Crippen LogP contribution in [-0.2, 0) is 4.79 Å². The van der Waals surface area contributed by atoms with Gasteiger partial charge in [-0.3, -0.25) is 10.0 Å². The molecule has 0 bridgehead atoms. The average molecular weight is 558 g/mol. The minimum absolute atomic E-state index is 0.183. The third-order valence-electron chi connectivity index (χ3n) is 8.20. The molecule has 4 heteroatoms. The highest BCUT2D eigenvalue weighted by atomic mass is 35.5. The zero-order chi connectivity index (χ0) is 27.8. The van der Waals surface area contributed by atoms with Crippen LogP contribution in [0.2, 0.25) is 0 Å². The Morgan fingerprint density at radius 3 is 0.789 bits per heavy atom. The van der Waals surface area contributed by atoms with Crippen molar-refractivity contribution in [3.63, 3.8) is 0 Å². The predicted molar refractivity (Wildman–Crippen MR) is 168 cm³/mol. The molecular formula is C34H68ClNO2. The SMILES string of the molecule is CCCCCCCCCCCCCCCCCCCCCCCCCCCCCCCCCC(=O)N(O)Cl. The molecule has 0 aliphatic heterocycles. The van der Waals surface area contributed by atoms with Gasteiger partial charge < -0.3 is 0 Å². The van der Waals surface area contributed by atoms with Crippen molar-refractivity contribution >= 4 is 17.7 Å². The van der Waals surface area contributed by atoms with E-state index in [0.29, 0.717) is 6.42 Å². The quantitative estimate of drug-likeness (QED) is 0.0386. The van der Waals surface area contributed by atoms with E-state index < -0.39 is 5.91 Å². The van der Waals surface area contributed by atoms with Crippen LogP contribution < -0.4 is 0 Å². The lowest BCUT2D eigenvalue weighted by atomic mass is 10.0. The van der Waals surface area contributed by atoms with Crippen molar-refractivity contribution in [2.75, 3.05) is 0 Å². The molecule has 0 radical (unpaired) electrons. The Bertz CT molecular complexity index is 458. The summed E-state index contributed by atoms with van der Waals surface area (Å²) in [4.78, 5) is 11.1. The number of hydrogen-bond donors (Lipinski definition) is 1. The Kier molecular flexibility index (Phi) is 32.7. The molecule has 0 spiro atoms. The molecule has 0 atom stereocenters. The van der Waals surface area contributed by atoms with E-state index in [0.717, 1.165) is 12.8 Å². The summed E-state index contributed by atoms with van der Waals surface area (Å²) in [5.41, 5.74) is 0. The van der Waals surface area contributed by atoms with Crippen molar-refractivity contribution in [3.8, 4) is 0 Å². The summed E-state index contributed by atoms with van der Waals surface area (Å²) in [5.74, 6) is -0.401. The number of hydroxylamine groups is 1. The number of carbonyl (C=O) groups excluding carboxylic acids is 1. The molecule has 0 aromatic carbocycles. The van der Waals surface area contributed by atoms with Gasteiger partial charge in [0.05, 0.1) is 0 Å². The summed E-state index contributed by atoms with van der Waals surface area (Å²) in [6.45, 7) is 2.30. The molecule has 0 unspecified atom stereocenters. The minimum atomic E-state index is -0.401. The molecule has 0 heterocycles. The Labute approximate surface area is 244 Å². The molecule has 0 aromatic rings. The second-order valence-corrected chi connectivity index (χ2v) is 12.3. The van der Waals surface area contributed by atoms with Crippen LogP contribution in [0.4, 0.5) is 0 Å². The number of amides is 1. The third kappa shape index (κ3) is 31.9. The Hall–Kier alpha value is -0.280. The van der Waals surface area contributed by atoms with Gasteiger partial charge in [-0.1, -0.05) is 200 Å². The van der Waals surface area contributed by atoms with Crippen LogP contribution in [0.1, 0.15) is 212 Å². The van der Waals surface area contributed by atoms with Gasteiger partial charge in [-0.2, -0.15) is 0 Å². The van der Waals surface area contributed by atoms with Crippen LogP contribution in [-0.4, -0.2) is 15.7 Å². The van der Waals surface area contributed by atoms with Gasteiger partial charge in [-0.15, -0.1) is 4.58 Å². The summed E-state index contributed by atoms with van der Waals surface area (Å²) in [5, 5.41) is 8.78. The molecule has 0 rings (SSSR count). The van der Waals surface area contributed by atoms with Gasteiger partial charge in [0.1, 0.15) is 0 Å². The zero-order valence-corrected chi connectivity index (χ0v) is 26.6. The fraction of sp³-hybridized carbons (Fsp3) is 0.971. The van der Waals surface area contributed by atoms with Crippen molar-refractivity contribution in [1.82, 2.24) is 4.58 Å². The molecule has 1 amide bonds. The molecule has 0 saturated carbocycles. The van der Waals surface area contributed by atoms with E-state index in [-0.39, 0.29) is 4.58 Å². The maximum absolute atomic E-state index is 11.1. The van der Waals surface area contributed by atoms with Crippen molar-refractivity contribution in [3.05, 3.63) is 0 Å². The third-order valence-corrected chi connectivity index (χ3v) is 8.39. The standard InChI is InChI=1S/C34H68ClNO2/c1-2-3-4-5-6-7-8-9-10-11-12-13-14-15-16-17-18-19-20-21-22-23-24-25-26-27-28-29-30-31-32-33-34(37)36(35)38/h38H,2-33H2,1H3. The molecule has 228 valence electrons. The summed E-state index contributed by atoms with van der Waals surface area (Å²) >= 11 is 5.19. The molecule has 0 aromatic heterocycles. The summed E-state index contributed by atoms with van der Waals surface area (Å²) in [7, 11) is 0. The van der Waals surface area contributed by atoms with Gasteiger partial charge in [0.25, 0.3) is 5.91 Å². The van der Waals surface area contributed by atoms with E-state index >= 15 is 0 Å². The molecule has 38 heavy (non-hydrogen) atoms. The topological polar surface area (TPSA) is 40.5 Å². The van der Waals surface area contributed by atoms with Crippen LogP contribution in [0.3, 0.4) is 0 Å². The predicted octanol–water partition coefficient (Wildman–Crippen LogP) is 12.9. The highest BCUT2D eigenvalue weighted by Crippen LogP contribution is 2.17. The number of nitrogens with zero attached hydrogens (tertiary/aromatic N) is 1. The average Bonchev–Trinajstić information content (AvgIpc) is 2.91. The van der Waals surface area contributed by atoms with Crippen molar-refractivity contribution in [1.29, 1.82) is 0 Å². The molecular weight excluding hydrogens is 490 g/mol. The molecule has 0 fully saturated rings. The highest BCUT2D eigenvalue weighted by Gasteiger charge is 2.06. The van der Waals surface area contributed by atoms with E-state index in [1.807, 2.05) is 0 Å². The van der Waals surface area contributed by atoms with Crippen LogP contribution >= 0.6 is 11.8 Å². The lowest BCUT2D eigenvalue weighted by Crippen LogP contribution is -2.16. The Balaban J connectivity index is 3.05. The number of carbonyl (C=O) groups is 1. The molecule has 0 aliphatic rings. The zero-order valence-electron chi connectivity index (χ0n) is 25.8. The molecule has 1 N–H and O–H groups in total. The fourth-order valence-electron chi connectivity index (χ4n) is 5.57. The van der Waals surface area contributed by atoms with Crippen molar-refractivity contribution < 1.29 is 10.0 Å². The van der Waals surface area contributed by atoms with Crippen LogP contribution in [0.15, 0.2) is 0 Å². The fourth-order valence-corrected chi connectivity index (χ4v) is 5.65. The number of halogens is 1. The van der Waals surface area contributed by atoms with E-state index in [1.54, 1.807) is 0 Å². The first kappa shape index (κ1) is 37.7. The van der Waals surface area contributed by atoms with Gasteiger partial charge in [0, 0.05) is 18.2 Å². The van der Waals surface area contributed by atoms with Gasteiger partial charge in [-0.05, 0) is 6.42 Å². The van der Waals surface area contributed by atoms with E-state index in [9.17, 15) is 4.79 Å². The maximum Gasteiger partial charge on any atom is 0.261 e. The lowest BCUT2D eigenvalue weighted by molar-refractivity contribution is -0.146. The van der Waals surface area contributed by atoms with Gasteiger partial charge in [-0.25, -0.2) is 0 Å². The Morgan fingerprint density at radius 2 is 0.605 bits per heavy atom. The van der Waals surface area contributed by atoms with E-state index in [4.69, 9.17) is 17.0 Å². The number of unbranched alkanes of at least 4 members (excludes halogenated alkanes) is 30. The smallest absolute Gasteiger partial charge is 0.261 e. The first-order valence-corrected chi connectivity index (χ1v) is 17.7. The van der Waals surface area contributed by atoms with Gasteiger partial charge in [0.15, 0.2) is 0 Å². The van der Waals surface area contributed by atoms with E-state index in [2.05, 4.69) is 6.92 Å². The van der Waals surface area contributed by atoms with Crippen molar-refractivity contribution in [2.45, 2.75) is 212 Å². The molecule has 3 nitrogen and oxygen atoms in total. The molecule has 0 saturated heterocycles. The second kappa shape index (κ2) is 32.9. The molecule has 0 aliphatic carbocycles. The first-order chi connectivity index (χ1) is 18.7. The first-order valence-electron chi connectivity index (χ1n) is 17.4. The van der Waals surface area contributed by atoms with Gasteiger partial charge >= 0.3 is 0 Å². The summed E-state index contributed by atoms with van der Waals surface area (Å²) < 4.78 is 0.183.